The van der Waals surface area contributed by atoms with Crippen LogP contribution in [0, 0.1) is 11.6 Å². The SMILES string of the molecule is COC(=O)N[C@@H](CC/C=C/C(=O)N(C)C)C(=O)Nc1cccn(Cc2nc3ccc(OCc4ccc(F)cc4F)cc3[nH]2)c1=O. The molecule has 0 aliphatic heterocycles. The maximum Gasteiger partial charge on any atom is 0.407 e. The van der Waals surface area contributed by atoms with E-state index in [2.05, 4.69) is 25.3 Å². The van der Waals surface area contributed by atoms with Crippen molar-refractivity contribution in [3.8, 4) is 5.75 Å². The van der Waals surface area contributed by atoms with Crippen LogP contribution in [0.5, 0.6) is 5.75 Å². The van der Waals surface area contributed by atoms with Gasteiger partial charge in [-0.05, 0) is 55.3 Å². The van der Waals surface area contributed by atoms with Crippen molar-refractivity contribution in [2.45, 2.75) is 32.0 Å². The van der Waals surface area contributed by atoms with Gasteiger partial charge < -0.3 is 34.6 Å². The number of halogens is 2. The molecule has 0 unspecified atom stereocenters. The van der Waals surface area contributed by atoms with Gasteiger partial charge in [-0.3, -0.25) is 14.4 Å². The number of rotatable bonds is 12. The highest BCUT2D eigenvalue weighted by atomic mass is 19.1. The molecule has 2 aromatic heterocycles. The number of likely N-dealkylation sites (N-methyl/N-ethyl adjacent to an activating group) is 1. The van der Waals surface area contributed by atoms with Gasteiger partial charge in [0.15, 0.2) is 0 Å². The zero-order valence-electron chi connectivity index (χ0n) is 24.8. The fourth-order valence-electron chi connectivity index (χ4n) is 4.21. The number of hydrogen-bond acceptors (Lipinski definition) is 7. The number of aromatic nitrogens is 3. The van der Waals surface area contributed by atoms with Gasteiger partial charge in [-0.15, -0.1) is 0 Å². The van der Waals surface area contributed by atoms with E-state index in [1.165, 1.54) is 33.9 Å². The minimum atomic E-state index is -1.05. The van der Waals surface area contributed by atoms with E-state index in [4.69, 9.17) is 4.74 Å². The predicted octanol–water partition coefficient (Wildman–Crippen LogP) is 3.72. The number of allylic oxidation sites excluding steroid dienone is 1. The smallest absolute Gasteiger partial charge is 0.407 e. The van der Waals surface area contributed by atoms with Crippen LogP contribution in [0.1, 0.15) is 24.2 Å². The van der Waals surface area contributed by atoms with Gasteiger partial charge in [0.2, 0.25) is 11.8 Å². The quantitative estimate of drug-likeness (QED) is 0.204. The Hall–Kier alpha value is -5.53. The number of fused-ring (bicyclic) bond motifs is 1. The molecule has 0 radical (unpaired) electrons. The molecule has 0 saturated carbocycles. The molecular formula is C31H32F2N6O6. The van der Waals surface area contributed by atoms with Crippen LogP contribution in [0.25, 0.3) is 11.0 Å². The van der Waals surface area contributed by atoms with E-state index >= 15 is 0 Å². The van der Waals surface area contributed by atoms with Gasteiger partial charge in [0, 0.05) is 38.0 Å². The Balaban J connectivity index is 1.43. The number of amides is 3. The first kappa shape index (κ1) is 32.4. The minimum absolute atomic E-state index is 0.0164. The van der Waals surface area contributed by atoms with Crippen LogP contribution < -0.4 is 20.9 Å². The van der Waals surface area contributed by atoms with Crippen LogP contribution in [-0.2, 0) is 27.5 Å². The molecule has 4 aromatic rings. The molecule has 0 aliphatic rings. The highest BCUT2D eigenvalue weighted by Gasteiger charge is 2.22. The molecule has 236 valence electrons. The average molecular weight is 623 g/mol. The monoisotopic (exact) mass is 622 g/mol. The number of pyridine rings is 1. The number of benzene rings is 2. The first-order valence-corrected chi connectivity index (χ1v) is 13.8. The Morgan fingerprint density at radius 1 is 1.13 bits per heavy atom. The lowest BCUT2D eigenvalue weighted by Gasteiger charge is -2.17. The summed E-state index contributed by atoms with van der Waals surface area (Å²) in [7, 11) is 4.38. The molecule has 12 nitrogen and oxygen atoms in total. The molecule has 0 saturated heterocycles. The number of hydrogen-bond donors (Lipinski definition) is 3. The van der Waals surface area contributed by atoms with Crippen LogP contribution in [-0.4, -0.2) is 64.6 Å². The number of H-pyrrole nitrogens is 1. The van der Waals surface area contributed by atoms with Crippen LogP contribution in [0.15, 0.2) is 71.7 Å². The fourth-order valence-corrected chi connectivity index (χ4v) is 4.21. The molecule has 0 spiro atoms. The molecule has 4 rings (SSSR count). The topological polar surface area (TPSA) is 148 Å². The Kier molecular flexibility index (Phi) is 10.6. The highest BCUT2D eigenvalue weighted by Crippen LogP contribution is 2.21. The van der Waals surface area contributed by atoms with Gasteiger partial charge in [-0.25, -0.2) is 18.6 Å². The molecule has 0 aliphatic carbocycles. The summed E-state index contributed by atoms with van der Waals surface area (Å²) in [6.07, 6.45) is 4.10. The van der Waals surface area contributed by atoms with Gasteiger partial charge in [0.05, 0.1) is 24.7 Å². The molecule has 0 fully saturated rings. The fraction of sp³-hybridized carbons (Fsp3) is 0.258. The van der Waals surface area contributed by atoms with E-state index in [-0.39, 0.29) is 36.7 Å². The van der Waals surface area contributed by atoms with E-state index in [1.807, 2.05) is 0 Å². The number of carbonyl (C=O) groups excluding carboxylic acids is 3. The third-order valence-electron chi connectivity index (χ3n) is 6.63. The van der Waals surface area contributed by atoms with Crippen molar-refractivity contribution in [2.75, 3.05) is 26.5 Å². The number of aromatic amines is 1. The van der Waals surface area contributed by atoms with E-state index in [0.717, 1.165) is 19.2 Å². The summed E-state index contributed by atoms with van der Waals surface area (Å²) < 4.78 is 38.7. The molecule has 2 heterocycles. The number of imidazole rings is 1. The van der Waals surface area contributed by atoms with Crippen molar-refractivity contribution in [1.29, 1.82) is 0 Å². The maximum absolute atomic E-state index is 13.9. The summed E-state index contributed by atoms with van der Waals surface area (Å²) in [4.78, 5) is 58.9. The Morgan fingerprint density at radius 3 is 2.67 bits per heavy atom. The number of anilines is 1. The molecule has 1 atom stereocenters. The highest BCUT2D eigenvalue weighted by molar-refractivity contribution is 5.96. The van der Waals surface area contributed by atoms with E-state index in [1.54, 1.807) is 44.4 Å². The zero-order chi connectivity index (χ0) is 32.5. The number of nitrogens with one attached hydrogen (secondary N) is 3. The predicted molar refractivity (Wildman–Crippen MR) is 162 cm³/mol. The maximum atomic E-state index is 13.9. The first-order chi connectivity index (χ1) is 21.5. The normalized spacial score (nSPS) is 11.8. The lowest BCUT2D eigenvalue weighted by molar-refractivity contribution is -0.123. The molecule has 14 heteroatoms. The van der Waals surface area contributed by atoms with Crippen LogP contribution in [0.3, 0.4) is 0 Å². The second kappa shape index (κ2) is 14.8. The van der Waals surface area contributed by atoms with Crippen LogP contribution in [0.4, 0.5) is 19.3 Å². The van der Waals surface area contributed by atoms with Crippen LogP contribution in [0.2, 0.25) is 0 Å². The summed E-state index contributed by atoms with van der Waals surface area (Å²) in [5, 5.41) is 5.01. The second-order valence-electron chi connectivity index (χ2n) is 10.1. The summed E-state index contributed by atoms with van der Waals surface area (Å²) in [6, 6.07) is 10.3. The summed E-state index contributed by atoms with van der Waals surface area (Å²) >= 11 is 0. The first-order valence-electron chi connectivity index (χ1n) is 13.8. The van der Waals surface area contributed by atoms with Crippen molar-refractivity contribution in [3.63, 3.8) is 0 Å². The molecule has 2 aromatic carbocycles. The number of methoxy groups -OCH3 is 1. The van der Waals surface area contributed by atoms with E-state index < -0.39 is 35.2 Å². The zero-order valence-corrected chi connectivity index (χ0v) is 24.8. The van der Waals surface area contributed by atoms with Gasteiger partial charge >= 0.3 is 6.09 Å². The Labute approximate surface area is 256 Å². The van der Waals surface area contributed by atoms with E-state index in [9.17, 15) is 28.0 Å². The average Bonchev–Trinajstić information content (AvgIpc) is 3.41. The van der Waals surface area contributed by atoms with Crippen molar-refractivity contribution < 1.29 is 32.6 Å². The third-order valence-corrected chi connectivity index (χ3v) is 6.63. The van der Waals surface area contributed by atoms with Crippen molar-refractivity contribution >= 4 is 34.6 Å². The standard InChI is InChI=1S/C31H32F2N6O6/c1-38(2)28(40)9-5-4-7-24(37-31(43)44-3)29(41)36-25-8-6-14-39(30(25)42)17-27-34-23-13-12-21(16-26(23)35-27)45-18-19-10-11-20(32)15-22(19)33/h5-6,8-16,24H,4,7,17-18H2,1-3H3,(H,34,35)(H,36,41)(H,37,43)/b9-5+/t24-/m0/s1. The lowest BCUT2D eigenvalue weighted by atomic mass is 10.1. The van der Waals surface area contributed by atoms with Crippen molar-refractivity contribution in [3.05, 3.63) is 100 Å². The Morgan fingerprint density at radius 2 is 1.93 bits per heavy atom. The molecule has 0 bridgehead atoms. The third kappa shape index (κ3) is 8.75. The van der Waals surface area contributed by atoms with Crippen molar-refractivity contribution in [2.24, 2.45) is 0 Å². The number of alkyl carbamates (subject to hydrolysis) is 1. The number of ether oxygens (including phenoxy) is 2. The van der Waals surface area contributed by atoms with Gasteiger partial charge in [0.25, 0.3) is 5.56 Å². The summed E-state index contributed by atoms with van der Waals surface area (Å²) in [6.45, 7) is -0.0574. The minimum Gasteiger partial charge on any atom is -0.489 e. The van der Waals surface area contributed by atoms with Gasteiger partial charge in [-0.1, -0.05) is 6.08 Å². The van der Waals surface area contributed by atoms with Crippen LogP contribution >= 0.6 is 0 Å². The number of carbonyl (C=O) groups is 3. The van der Waals surface area contributed by atoms with Gasteiger partial charge in [-0.2, -0.15) is 0 Å². The Bertz CT molecular complexity index is 1780. The molecule has 3 N–H and O–H groups in total. The lowest BCUT2D eigenvalue weighted by Crippen LogP contribution is -2.44. The van der Waals surface area contributed by atoms with Gasteiger partial charge in [0.1, 0.15) is 41.5 Å². The van der Waals surface area contributed by atoms with Crippen molar-refractivity contribution in [1.82, 2.24) is 24.8 Å². The second-order valence-corrected chi connectivity index (χ2v) is 10.1. The molecule has 45 heavy (non-hydrogen) atoms. The van der Waals surface area contributed by atoms with E-state index in [0.29, 0.717) is 29.0 Å². The summed E-state index contributed by atoms with van der Waals surface area (Å²) in [5.74, 6) is -1.37. The largest absolute Gasteiger partial charge is 0.489 e. The molecular weight excluding hydrogens is 590 g/mol. The number of nitrogens with zero attached hydrogens (tertiary/aromatic N) is 3. The summed E-state index contributed by atoms with van der Waals surface area (Å²) in [5.41, 5.74) is 0.884. The molecule has 3 amide bonds.